The molecule has 1 aromatic rings. The Hall–Kier alpha value is -0.920. The van der Waals surface area contributed by atoms with Gasteiger partial charge in [-0.05, 0) is 31.7 Å². The lowest BCUT2D eigenvalue weighted by atomic mass is 9.81. The van der Waals surface area contributed by atoms with Gasteiger partial charge in [-0.2, -0.15) is 5.10 Å². The van der Waals surface area contributed by atoms with Gasteiger partial charge in [-0.1, -0.05) is 26.2 Å². The molecule has 1 saturated carbocycles. The Labute approximate surface area is 127 Å². The van der Waals surface area contributed by atoms with Crippen molar-refractivity contribution in [2.75, 3.05) is 13.6 Å². The van der Waals surface area contributed by atoms with Crippen LogP contribution in [0.25, 0.3) is 0 Å². The minimum absolute atomic E-state index is 0.175. The van der Waals surface area contributed by atoms with Gasteiger partial charge in [-0.15, -0.1) is 0 Å². The molecule has 0 aliphatic heterocycles. The van der Waals surface area contributed by atoms with Crippen LogP contribution in [0.3, 0.4) is 0 Å². The second kappa shape index (κ2) is 7.38. The van der Waals surface area contributed by atoms with E-state index in [1.54, 1.807) is 13.2 Å². The molecule has 0 spiro atoms. The highest BCUT2D eigenvalue weighted by Gasteiger charge is 2.22. The molecule has 0 radical (unpaired) electrons. The second-order valence-electron chi connectivity index (χ2n) is 6.08. The highest BCUT2D eigenvalue weighted by molar-refractivity contribution is 7.89. The number of nitrogens with one attached hydrogen (secondary N) is 3. The number of hydrogen-bond donors (Lipinski definition) is 3. The summed E-state index contributed by atoms with van der Waals surface area (Å²) in [6.07, 6.45) is 7.49. The van der Waals surface area contributed by atoms with Crippen LogP contribution in [0, 0.1) is 11.8 Å². The minimum Gasteiger partial charge on any atom is -0.316 e. The lowest BCUT2D eigenvalue weighted by Crippen LogP contribution is -2.28. The number of H-pyrrole nitrogens is 1. The van der Waals surface area contributed by atoms with Crippen molar-refractivity contribution in [3.8, 4) is 0 Å². The fourth-order valence-corrected chi connectivity index (χ4v) is 4.31. The lowest BCUT2D eigenvalue weighted by molar-refractivity contribution is 0.271. The van der Waals surface area contributed by atoms with Crippen LogP contribution in [0.2, 0.25) is 0 Å². The molecule has 0 aromatic carbocycles. The van der Waals surface area contributed by atoms with Crippen molar-refractivity contribution in [3.05, 3.63) is 11.8 Å². The van der Waals surface area contributed by atoms with Crippen molar-refractivity contribution < 1.29 is 8.42 Å². The van der Waals surface area contributed by atoms with E-state index in [0.717, 1.165) is 12.3 Å². The van der Waals surface area contributed by atoms with E-state index in [9.17, 15) is 8.42 Å². The normalized spacial score (nSPS) is 23.3. The largest absolute Gasteiger partial charge is 0.316 e. The highest BCUT2D eigenvalue weighted by Crippen LogP contribution is 2.30. The molecule has 0 amide bonds. The van der Waals surface area contributed by atoms with E-state index >= 15 is 0 Å². The number of sulfonamides is 1. The maximum absolute atomic E-state index is 12.3. The first-order valence-corrected chi connectivity index (χ1v) is 9.17. The van der Waals surface area contributed by atoms with Gasteiger partial charge in [0.1, 0.15) is 0 Å². The van der Waals surface area contributed by atoms with Crippen LogP contribution in [-0.2, 0) is 16.6 Å². The Morgan fingerprint density at radius 3 is 2.95 bits per heavy atom. The molecule has 0 bridgehead atoms. The Balaban J connectivity index is 1.87. The van der Waals surface area contributed by atoms with Crippen molar-refractivity contribution >= 4 is 10.0 Å². The van der Waals surface area contributed by atoms with Crippen molar-refractivity contribution in [1.82, 2.24) is 20.2 Å². The Morgan fingerprint density at radius 2 is 2.24 bits per heavy atom. The standard InChI is InChI=1S/C14H26N4O2S/c1-11-4-3-5-12(8-11)6-7-17-21(19,20)14-13(9-15-2)10-16-18-14/h10-12,15,17H,3-9H2,1-2H3,(H,16,18). The molecule has 1 aliphatic carbocycles. The maximum atomic E-state index is 12.3. The Kier molecular flexibility index (Phi) is 5.78. The Bertz CT molecular complexity index is 541. The van der Waals surface area contributed by atoms with Crippen LogP contribution >= 0.6 is 0 Å². The predicted octanol–water partition coefficient (Wildman–Crippen LogP) is 1.62. The fourth-order valence-electron chi connectivity index (χ4n) is 3.14. The third-order valence-electron chi connectivity index (χ3n) is 4.20. The number of aromatic amines is 1. The third-order valence-corrected chi connectivity index (χ3v) is 5.68. The molecule has 2 rings (SSSR count). The molecular weight excluding hydrogens is 288 g/mol. The van der Waals surface area contributed by atoms with Crippen LogP contribution in [0.1, 0.15) is 44.6 Å². The number of aromatic nitrogens is 2. The molecule has 0 saturated heterocycles. The van der Waals surface area contributed by atoms with Gasteiger partial charge in [-0.3, -0.25) is 5.10 Å². The van der Waals surface area contributed by atoms with E-state index in [0.29, 0.717) is 24.6 Å². The van der Waals surface area contributed by atoms with E-state index in [4.69, 9.17) is 0 Å². The van der Waals surface area contributed by atoms with E-state index in [1.165, 1.54) is 25.7 Å². The van der Waals surface area contributed by atoms with Crippen molar-refractivity contribution in [2.45, 2.75) is 50.6 Å². The maximum Gasteiger partial charge on any atom is 0.257 e. The average molecular weight is 314 g/mol. The summed E-state index contributed by atoms with van der Waals surface area (Å²) in [7, 11) is -1.71. The summed E-state index contributed by atoms with van der Waals surface area (Å²) in [4.78, 5) is 0. The first-order chi connectivity index (χ1) is 10.0. The van der Waals surface area contributed by atoms with Gasteiger partial charge < -0.3 is 5.32 Å². The number of rotatable bonds is 7. The van der Waals surface area contributed by atoms with Gasteiger partial charge in [0.05, 0.1) is 6.20 Å². The van der Waals surface area contributed by atoms with Gasteiger partial charge in [0.25, 0.3) is 10.0 Å². The summed E-state index contributed by atoms with van der Waals surface area (Å²) < 4.78 is 27.3. The van der Waals surface area contributed by atoms with Crippen LogP contribution in [0.4, 0.5) is 0 Å². The quantitative estimate of drug-likeness (QED) is 0.714. The molecule has 21 heavy (non-hydrogen) atoms. The van der Waals surface area contributed by atoms with Crippen LogP contribution in [0.15, 0.2) is 11.2 Å². The number of hydrogen-bond acceptors (Lipinski definition) is 4. The molecule has 1 aromatic heterocycles. The van der Waals surface area contributed by atoms with Crippen molar-refractivity contribution in [3.63, 3.8) is 0 Å². The molecule has 1 heterocycles. The minimum atomic E-state index is -3.49. The number of nitrogens with zero attached hydrogens (tertiary/aromatic N) is 1. The zero-order chi connectivity index (χ0) is 15.3. The highest BCUT2D eigenvalue weighted by atomic mass is 32.2. The molecule has 1 fully saturated rings. The van der Waals surface area contributed by atoms with Crippen LogP contribution in [-0.4, -0.2) is 32.2 Å². The lowest BCUT2D eigenvalue weighted by Gasteiger charge is -2.26. The SMILES string of the molecule is CNCc1cn[nH]c1S(=O)(=O)NCCC1CCCC(C)C1. The van der Waals surface area contributed by atoms with E-state index in [1.807, 2.05) is 0 Å². The topological polar surface area (TPSA) is 86.9 Å². The van der Waals surface area contributed by atoms with Crippen molar-refractivity contribution in [2.24, 2.45) is 11.8 Å². The summed E-state index contributed by atoms with van der Waals surface area (Å²) in [5, 5.41) is 9.53. The molecular formula is C14H26N4O2S. The Morgan fingerprint density at radius 1 is 1.43 bits per heavy atom. The average Bonchev–Trinajstić information content (AvgIpc) is 2.88. The first kappa shape index (κ1) is 16.5. The molecule has 6 nitrogen and oxygen atoms in total. The summed E-state index contributed by atoms with van der Waals surface area (Å²) in [5.74, 6) is 1.42. The molecule has 2 unspecified atom stereocenters. The monoisotopic (exact) mass is 314 g/mol. The molecule has 3 N–H and O–H groups in total. The summed E-state index contributed by atoms with van der Waals surface area (Å²) in [6, 6.07) is 0. The van der Waals surface area contributed by atoms with E-state index in [-0.39, 0.29) is 5.03 Å². The smallest absolute Gasteiger partial charge is 0.257 e. The summed E-state index contributed by atoms with van der Waals surface area (Å²) in [5.41, 5.74) is 0.663. The molecule has 2 atom stereocenters. The van der Waals surface area contributed by atoms with Gasteiger partial charge in [-0.25, -0.2) is 13.1 Å². The molecule has 120 valence electrons. The molecule has 7 heteroatoms. The van der Waals surface area contributed by atoms with Crippen LogP contribution < -0.4 is 10.0 Å². The van der Waals surface area contributed by atoms with E-state index < -0.39 is 10.0 Å². The van der Waals surface area contributed by atoms with Gasteiger partial charge >= 0.3 is 0 Å². The van der Waals surface area contributed by atoms with Gasteiger partial charge in [0.15, 0.2) is 5.03 Å². The van der Waals surface area contributed by atoms with Gasteiger partial charge in [0.2, 0.25) is 0 Å². The van der Waals surface area contributed by atoms with Gasteiger partial charge in [0, 0.05) is 18.7 Å². The molecule has 1 aliphatic rings. The van der Waals surface area contributed by atoms with Crippen molar-refractivity contribution in [1.29, 1.82) is 0 Å². The van der Waals surface area contributed by atoms with E-state index in [2.05, 4.69) is 27.2 Å². The van der Waals surface area contributed by atoms with Crippen LogP contribution in [0.5, 0.6) is 0 Å². The summed E-state index contributed by atoms with van der Waals surface area (Å²) in [6.45, 7) is 3.26. The first-order valence-electron chi connectivity index (χ1n) is 7.69. The second-order valence-corrected chi connectivity index (χ2v) is 7.78. The zero-order valence-corrected chi connectivity index (χ0v) is 13.7. The summed E-state index contributed by atoms with van der Waals surface area (Å²) >= 11 is 0. The predicted molar refractivity (Wildman–Crippen MR) is 82.3 cm³/mol. The third kappa shape index (κ3) is 4.52. The fraction of sp³-hybridized carbons (Fsp3) is 0.786. The zero-order valence-electron chi connectivity index (χ0n) is 12.9.